The molecule has 1 atom stereocenters. The van der Waals surface area contributed by atoms with Gasteiger partial charge in [-0.2, -0.15) is 5.10 Å². The maximum atomic E-state index is 13.2. The van der Waals surface area contributed by atoms with Gasteiger partial charge in [0.2, 0.25) is 0 Å². The number of nitrogens with zero attached hydrogens (tertiary/aromatic N) is 3. The number of carbonyl (C=O) groups excluding carboxylic acids is 2. The van der Waals surface area contributed by atoms with Crippen LogP contribution in [0.1, 0.15) is 59.4 Å². The second kappa shape index (κ2) is 10.5. The number of aromatic nitrogens is 2. The van der Waals surface area contributed by atoms with E-state index in [9.17, 15) is 9.59 Å². The zero-order chi connectivity index (χ0) is 24.1. The molecule has 0 saturated carbocycles. The van der Waals surface area contributed by atoms with Crippen molar-refractivity contribution in [2.24, 2.45) is 0 Å². The summed E-state index contributed by atoms with van der Waals surface area (Å²) < 4.78 is 7.72. The summed E-state index contributed by atoms with van der Waals surface area (Å²) in [5.41, 5.74) is 4.21. The number of likely N-dealkylation sites (tertiary alicyclic amines) is 1. The van der Waals surface area contributed by atoms with Gasteiger partial charge < -0.3 is 15.0 Å². The molecule has 178 valence electrons. The first kappa shape index (κ1) is 23.5. The zero-order valence-electron chi connectivity index (χ0n) is 20.1. The number of para-hydroxylation sites is 2. The van der Waals surface area contributed by atoms with Crippen molar-refractivity contribution in [2.75, 3.05) is 19.7 Å². The van der Waals surface area contributed by atoms with E-state index < -0.39 is 0 Å². The van der Waals surface area contributed by atoms with E-state index in [0.29, 0.717) is 17.7 Å². The van der Waals surface area contributed by atoms with Crippen molar-refractivity contribution in [1.82, 2.24) is 20.0 Å². The van der Waals surface area contributed by atoms with Crippen LogP contribution in [0.3, 0.4) is 0 Å². The minimum absolute atomic E-state index is 0.00336. The maximum absolute atomic E-state index is 13.2. The summed E-state index contributed by atoms with van der Waals surface area (Å²) in [6.07, 6.45) is 4.39. The second-order valence-electron chi connectivity index (χ2n) is 8.69. The monoisotopic (exact) mass is 460 g/mol. The highest BCUT2D eigenvalue weighted by atomic mass is 16.5. The van der Waals surface area contributed by atoms with Gasteiger partial charge in [-0.3, -0.25) is 9.59 Å². The molecule has 7 nitrogen and oxygen atoms in total. The standard InChI is InChI=1S/C27H32N4O3/c1-4-23(21-12-6-8-14-25(21)34-18-26(32)30-15-9-10-16-30)29-27(33)22-17-28-31(20(22)3)24-13-7-5-11-19(24)2/h5-8,11-14,17,23H,4,9-10,15-16,18H2,1-3H3,(H,29,33). The van der Waals surface area contributed by atoms with Crippen molar-refractivity contribution < 1.29 is 14.3 Å². The van der Waals surface area contributed by atoms with Crippen molar-refractivity contribution in [3.05, 3.63) is 77.1 Å². The molecule has 0 spiro atoms. The van der Waals surface area contributed by atoms with Crippen LogP contribution in [0.4, 0.5) is 0 Å². The lowest BCUT2D eigenvalue weighted by atomic mass is 10.0. The lowest BCUT2D eigenvalue weighted by molar-refractivity contribution is -0.132. The summed E-state index contributed by atoms with van der Waals surface area (Å²) in [5, 5.41) is 7.60. The van der Waals surface area contributed by atoms with Gasteiger partial charge in [0.15, 0.2) is 6.61 Å². The average Bonchev–Trinajstić information content (AvgIpc) is 3.52. The minimum atomic E-state index is -0.258. The summed E-state index contributed by atoms with van der Waals surface area (Å²) in [7, 11) is 0. The predicted octanol–water partition coefficient (Wildman–Crippen LogP) is 4.37. The van der Waals surface area contributed by atoms with E-state index in [1.54, 1.807) is 10.9 Å². The van der Waals surface area contributed by atoms with Crippen LogP contribution in [0, 0.1) is 13.8 Å². The Kier molecular flexibility index (Phi) is 7.30. The van der Waals surface area contributed by atoms with Gasteiger partial charge in [-0.05, 0) is 50.8 Å². The Bertz CT molecular complexity index is 1160. The molecule has 7 heteroatoms. The lowest BCUT2D eigenvalue weighted by Crippen LogP contribution is -2.33. The molecule has 2 amide bonds. The van der Waals surface area contributed by atoms with E-state index in [2.05, 4.69) is 10.4 Å². The third kappa shape index (κ3) is 4.98. The summed E-state index contributed by atoms with van der Waals surface area (Å²) >= 11 is 0. The summed E-state index contributed by atoms with van der Waals surface area (Å²) in [5.74, 6) is 0.435. The third-order valence-electron chi connectivity index (χ3n) is 6.42. The Morgan fingerprint density at radius 2 is 1.76 bits per heavy atom. The van der Waals surface area contributed by atoms with Gasteiger partial charge in [0, 0.05) is 18.7 Å². The van der Waals surface area contributed by atoms with Crippen LogP contribution in [0.2, 0.25) is 0 Å². The Morgan fingerprint density at radius 3 is 2.50 bits per heavy atom. The molecule has 0 radical (unpaired) electrons. The van der Waals surface area contributed by atoms with Gasteiger partial charge in [0.1, 0.15) is 5.75 Å². The molecule has 1 unspecified atom stereocenters. The van der Waals surface area contributed by atoms with Crippen molar-refractivity contribution in [1.29, 1.82) is 0 Å². The highest BCUT2D eigenvalue weighted by molar-refractivity contribution is 5.95. The van der Waals surface area contributed by atoms with Gasteiger partial charge in [-0.15, -0.1) is 0 Å². The molecule has 1 aromatic heterocycles. The Balaban J connectivity index is 1.49. The normalized spacial score (nSPS) is 14.1. The molecule has 1 aliphatic heterocycles. The Morgan fingerprint density at radius 1 is 1.06 bits per heavy atom. The van der Waals surface area contributed by atoms with Crippen LogP contribution in [-0.4, -0.2) is 46.2 Å². The number of aryl methyl sites for hydroxylation is 1. The number of hydrogen-bond acceptors (Lipinski definition) is 4. The van der Waals surface area contributed by atoms with E-state index >= 15 is 0 Å². The van der Waals surface area contributed by atoms with E-state index in [1.807, 2.05) is 74.2 Å². The number of hydrogen-bond donors (Lipinski definition) is 1. The molecule has 1 saturated heterocycles. The van der Waals surface area contributed by atoms with E-state index in [0.717, 1.165) is 48.4 Å². The zero-order valence-corrected chi connectivity index (χ0v) is 20.1. The number of ether oxygens (including phenoxy) is 1. The average molecular weight is 461 g/mol. The quantitative estimate of drug-likeness (QED) is 0.542. The second-order valence-corrected chi connectivity index (χ2v) is 8.69. The van der Waals surface area contributed by atoms with Crippen molar-refractivity contribution in [2.45, 2.75) is 46.1 Å². The molecular formula is C27H32N4O3. The predicted molar refractivity (Wildman–Crippen MR) is 131 cm³/mol. The topological polar surface area (TPSA) is 76.5 Å². The highest BCUT2D eigenvalue weighted by Crippen LogP contribution is 2.28. The minimum Gasteiger partial charge on any atom is -0.483 e. The van der Waals surface area contributed by atoms with E-state index in [1.165, 1.54) is 0 Å². The molecule has 0 aliphatic carbocycles. The van der Waals surface area contributed by atoms with E-state index in [4.69, 9.17) is 4.74 Å². The van der Waals surface area contributed by atoms with Crippen molar-refractivity contribution in [3.63, 3.8) is 0 Å². The SMILES string of the molecule is CCC(NC(=O)c1cnn(-c2ccccc2C)c1C)c1ccccc1OCC(=O)N1CCCC1. The smallest absolute Gasteiger partial charge is 0.260 e. The molecule has 0 bridgehead atoms. The van der Waals surface area contributed by atoms with Crippen LogP contribution in [-0.2, 0) is 4.79 Å². The number of benzene rings is 2. The Hall–Kier alpha value is -3.61. The molecule has 3 aromatic rings. The van der Waals surface area contributed by atoms with Gasteiger partial charge in [0.25, 0.3) is 11.8 Å². The van der Waals surface area contributed by atoms with Crippen LogP contribution in [0.15, 0.2) is 54.7 Å². The van der Waals surface area contributed by atoms with Gasteiger partial charge in [-0.1, -0.05) is 43.3 Å². The first-order chi connectivity index (χ1) is 16.5. The fourth-order valence-corrected chi connectivity index (χ4v) is 4.41. The fraction of sp³-hybridized carbons (Fsp3) is 0.370. The number of amides is 2. The molecule has 1 N–H and O–H groups in total. The van der Waals surface area contributed by atoms with E-state index in [-0.39, 0.29) is 24.5 Å². The molecular weight excluding hydrogens is 428 g/mol. The Labute approximate surface area is 200 Å². The first-order valence-electron chi connectivity index (χ1n) is 11.9. The number of nitrogens with one attached hydrogen (secondary N) is 1. The van der Waals surface area contributed by atoms with Gasteiger partial charge >= 0.3 is 0 Å². The molecule has 2 aromatic carbocycles. The van der Waals surface area contributed by atoms with Crippen LogP contribution < -0.4 is 10.1 Å². The third-order valence-corrected chi connectivity index (χ3v) is 6.42. The van der Waals surface area contributed by atoms with Crippen LogP contribution in [0.25, 0.3) is 5.69 Å². The molecule has 2 heterocycles. The molecule has 1 fully saturated rings. The van der Waals surface area contributed by atoms with Crippen molar-refractivity contribution in [3.8, 4) is 11.4 Å². The number of carbonyl (C=O) groups is 2. The van der Waals surface area contributed by atoms with Gasteiger partial charge in [0.05, 0.1) is 29.2 Å². The fourth-order valence-electron chi connectivity index (χ4n) is 4.41. The van der Waals surface area contributed by atoms with Gasteiger partial charge in [-0.25, -0.2) is 4.68 Å². The van der Waals surface area contributed by atoms with Crippen LogP contribution in [0.5, 0.6) is 5.75 Å². The summed E-state index contributed by atoms with van der Waals surface area (Å²) in [6, 6.07) is 15.3. The largest absolute Gasteiger partial charge is 0.483 e. The molecule has 1 aliphatic rings. The highest BCUT2D eigenvalue weighted by Gasteiger charge is 2.23. The number of rotatable bonds is 8. The molecule has 4 rings (SSSR count). The maximum Gasteiger partial charge on any atom is 0.260 e. The van der Waals surface area contributed by atoms with Crippen molar-refractivity contribution >= 4 is 11.8 Å². The van der Waals surface area contributed by atoms with Crippen LogP contribution >= 0.6 is 0 Å². The summed E-state index contributed by atoms with van der Waals surface area (Å²) in [6.45, 7) is 7.54. The molecule has 34 heavy (non-hydrogen) atoms. The summed E-state index contributed by atoms with van der Waals surface area (Å²) in [4.78, 5) is 27.5. The first-order valence-corrected chi connectivity index (χ1v) is 11.9. The lowest BCUT2D eigenvalue weighted by Gasteiger charge is -2.21.